The molecule has 0 saturated carbocycles. The Balaban J connectivity index is 1.39. The molecule has 182 valence electrons. The van der Waals surface area contributed by atoms with Crippen molar-refractivity contribution in [3.63, 3.8) is 0 Å². The van der Waals surface area contributed by atoms with Crippen LogP contribution in [-0.2, 0) is 28.6 Å². The Hall–Kier alpha value is -3.90. The number of carbonyl (C=O) groups excluding carboxylic acids is 2. The predicted molar refractivity (Wildman–Crippen MR) is 144 cm³/mol. The standard InChI is InChI=1S/C30H28N2O3S/c1-2-29(34)25-14-12-24(13-15-25)28-7-3-4-8-30(28)36(35)32-26-16-9-22(10-17-26)20-27(33)18-11-23-6-5-19-31-21-23/h3-10,12-17,19,21,32H,2,11,18,20H2,1H3. The van der Waals surface area contributed by atoms with Gasteiger partial charge < -0.3 is 4.72 Å². The third-order valence-corrected chi connectivity index (χ3v) is 7.08. The van der Waals surface area contributed by atoms with Crippen LogP contribution in [0.5, 0.6) is 0 Å². The van der Waals surface area contributed by atoms with Crippen molar-refractivity contribution in [2.45, 2.75) is 37.5 Å². The lowest BCUT2D eigenvalue weighted by molar-refractivity contribution is -0.118. The number of carbonyl (C=O) groups is 2. The van der Waals surface area contributed by atoms with Gasteiger partial charge in [-0.25, -0.2) is 4.21 Å². The summed E-state index contributed by atoms with van der Waals surface area (Å²) in [4.78, 5) is 29.0. The lowest BCUT2D eigenvalue weighted by atomic mass is 10.0. The number of pyridine rings is 1. The second kappa shape index (κ2) is 12.2. The third-order valence-electron chi connectivity index (χ3n) is 5.91. The van der Waals surface area contributed by atoms with Crippen LogP contribution in [0.15, 0.2) is 102 Å². The number of anilines is 1. The van der Waals surface area contributed by atoms with Gasteiger partial charge in [0.05, 0.1) is 4.90 Å². The highest BCUT2D eigenvalue weighted by atomic mass is 32.2. The first kappa shape index (κ1) is 25.2. The van der Waals surface area contributed by atoms with E-state index in [4.69, 9.17) is 0 Å². The van der Waals surface area contributed by atoms with E-state index in [0.29, 0.717) is 41.8 Å². The summed E-state index contributed by atoms with van der Waals surface area (Å²) in [6, 6.07) is 26.2. The molecule has 0 saturated heterocycles. The Kier molecular flexibility index (Phi) is 8.53. The molecule has 1 heterocycles. The fraction of sp³-hybridized carbons (Fsp3) is 0.167. The van der Waals surface area contributed by atoms with Crippen molar-refractivity contribution in [2.75, 3.05) is 4.72 Å². The van der Waals surface area contributed by atoms with E-state index < -0.39 is 11.0 Å². The average molecular weight is 497 g/mol. The van der Waals surface area contributed by atoms with E-state index in [2.05, 4.69) is 9.71 Å². The topological polar surface area (TPSA) is 76.1 Å². The van der Waals surface area contributed by atoms with Gasteiger partial charge >= 0.3 is 0 Å². The maximum Gasteiger partial charge on any atom is 0.162 e. The van der Waals surface area contributed by atoms with Gasteiger partial charge in [-0.05, 0) is 52.9 Å². The molecule has 5 nitrogen and oxygen atoms in total. The highest BCUT2D eigenvalue weighted by molar-refractivity contribution is 7.86. The van der Waals surface area contributed by atoms with Crippen molar-refractivity contribution in [2.24, 2.45) is 0 Å². The van der Waals surface area contributed by atoms with E-state index in [9.17, 15) is 13.8 Å². The molecule has 4 rings (SSSR count). The molecule has 0 bridgehead atoms. The molecule has 1 N–H and O–H groups in total. The van der Waals surface area contributed by atoms with Gasteiger partial charge in [-0.15, -0.1) is 0 Å². The zero-order valence-electron chi connectivity index (χ0n) is 20.1. The minimum absolute atomic E-state index is 0.0960. The number of aryl methyl sites for hydroxylation is 1. The van der Waals surface area contributed by atoms with E-state index in [-0.39, 0.29) is 11.6 Å². The highest BCUT2D eigenvalue weighted by Gasteiger charge is 2.13. The SMILES string of the molecule is CCC(=O)c1ccc(-c2ccccc2S(=O)Nc2ccc(CC(=O)CCc3cccnc3)cc2)cc1. The number of Topliss-reactive ketones (excluding diaryl/α,β-unsaturated/α-hetero) is 2. The van der Waals surface area contributed by atoms with Gasteiger partial charge in [0.2, 0.25) is 0 Å². The van der Waals surface area contributed by atoms with Gasteiger partial charge in [0, 0.05) is 42.9 Å². The minimum Gasteiger partial charge on any atom is -0.301 e. The summed E-state index contributed by atoms with van der Waals surface area (Å²) in [5.74, 6) is 0.266. The van der Waals surface area contributed by atoms with Crippen LogP contribution < -0.4 is 4.72 Å². The Morgan fingerprint density at radius 3 is 2.31 bits per heavy atom. The second-order valence-electron chi connectivity index (χ2n) is 8.49. The monoisotopic (exact) mass is 496 g/mol. The summed E-state index contributed by atoms with van der Waals surface area (Å²) in [6.07, 6.45) is 5.49. The number of aromatic nitrogens is 1. The van der Waals surface area contributed by atoms with Gasteiger partial charge in [0.15, 0.2) is 16.8 Å². The molecule has 4 aromatic rings. The van der Waals surface area contributed by atoms with Crippen molar-refractivity contribution in [3.05, 3.63) is 114 Å². The zero-order chi connectivity index (χ0) is 25.3. The maximum atomic E-state index is 13.2. The van der Waals surface area contributed by atoms with Crippen LogP contribution in [0.1, 0.15) is 41.3 Å². The summed E-state index contributed by atoms with van der Waals surface area (Å²) in [5.41, 5.74) is 5.10. The molecule has 0 amide bonds. The van der Waals surface area contributed by atoms with Crippen molar-refractivity contribution in [1.82, 2.24) is 4.98 Å². The molecule has 1 unspecified atom stereocenters. The molecular weight excluding hydrogens is 468 g/mol. The van der Waals surface area contributed by atoms with Gasteiger partial charge in [0.25, 0.3) is 0 Å². The van der Waals surface area contributed by atoms with E-state index >= 15 is 0 Å². The quantitative estimate of drug-likeness (QED) is 0.250. The molecule has 0 fully saturated rings. The van der Waals surface area contributed by atoms with Crippen molar-refractivity contribution >= 4 is 28.2 Å². The summed E-state index contributed by atoms with van der Waals surface area (Å²) < 4.78 is 16.3. The first-order chi connectivity index (χ1) is 17.5. The van der Waals surface area contributed by atoms with Gasteiger partial charge in [-0.1, -0.05) is 67.6 Å². The Bertz CT molecular complexity index is 1350. The molecule has 1 atom stereocenters. The lowest BCUT2D eigenvalue weighted by Crippen LogP contribution is -2.07. The normalized spacial score (nSPS) is 11.6. The smallest absolute Gasteiger partial charge is 0.162 e. The number of hydrogen-bond acceptors (Lipinski definition) is 4. The summed E-state index contributed by atoms with van der Waals surface area (Å²) >= 11 is 0. The number of nitrogens with one attached hydrogen (secondary N) is 1. The number of rotatable bonds is 11. The second-order valence-corrected chi connectivity index (χ2v) is 9.68. The molecule has 36 heavy (non-hydrogen) atoms. The van der Waals surface area contributed by atoms with E-state index in [1.54, 1.807) is 12.4 Å². The van der Waals surface area contributed by atoms with Crippen molar-refractivity contribution in [1.29, 1.82) is 0 Å². The largest absolute Gasteiger partial charge is 0.301 e. The molecule has 0 aliphatic rings. The number of ketones is 2. The van der Waals surface area contributed by atoms with E-state index in [0.717, 1.165) is 22.3 Å². The Morgan fingerprint density at radius 2 is 1.61 bits per heavy atom. The first-order valence-corrected chi connectivity index (χ1v) is 13.1. The number of benzene rings is 3. The predicted octanol–water partition coefficient (Wildman–Crippen LogP) is 6.22. The van der Waals surface area contributed by atoms with Crippen LogP contribution in [0.3, 0.4) is 0 Å². The van der Waals surface area contributed by atoms with Crippen LogP contribution in [0.25, 0.3) is 11.1 Å². The van der Waals surface area contributed by atoms with Crippen LogP contribution in [-0.4, -0.2) is 20.8 Å². The molecular formula is C30H28N2O3S. The van der Waals surface area contributed by atoms with Gasteiger partial charge in [0.1, 0.15) is 5.78 Å². The summed E-state index contributed by atoms with van der Waals surface area (Å²) in [6.45, 7) is 1.84. The zero-order valence-corrected chi connectivity index (χ0v) is 21.0. The summed E-state index contributed by atoms with van der Waals surface area (Å²) in [5, 5.41) is 0. The third kappa shape index (κ3) is 6.61. The van der Waals surface area contributed by atoms with Crippen LogP contribution in [0.4, 0.5) is 5.69 Å². The Labute approximate surface area is 214 Å². The molecule has 1 aromatic heterocycles. The number of nitrogens with zero attached hydrogens (tertiary/aromatic N) is 1. The molecule has 0 spiro atoms. The van der Waals surface area contributed by atoms with E-state index in [1.165, 1.54) is 0 Å². The Morgan fingerprint density at radius 1 is 0.861 bits per heavy atom. The van der Waals surface area contributed by atoms with Crippen LogP contribution in [0.2, 0.25) is 0 Å². The van der Waals surface area contributed by atoms with Gasteiger partial charge in [-0.2, -0.15) is 0 Å². The minimum atomic E-state index is -1.49. The molecule has 0 radical (unpaired) electrons. The summed E-state index contributed by atoms with van der Waals surface area (Å²) in [7, 11) is -1.49. The van der Waals surface area contributed by atoms with Crippen LogP contribution in [0, 0.1) is 0 Å². The van der Waals surface area contributed by atoms with Crippen molar-refractivity contribution < 1.29 is 13.8 Å². The lowest BCUT2D eigenvalue weighted by Gasteiger charge is -2.12. The van der Waals surface area contributed by atoms with E-state index in [1.807, 2.05) is 91.9 Å². The fourth-order valence-corrected chi connectivity index (χ4v) is 4.95. The number of hydrogen-bond donors (Lipinski definition) is 1. The average Bonchev–Trinajstić information content (AvgIpc) is 2.93. The van der Waals surface area contributed by atoms with Crippen LogP contribution >= 0.6 is 0 Å². The maximum absolute atomic E-state index is 13.2. The fourth-order valence-electron chi connectivity index (χ4n) is 3.91. The van der Waals surface area contributed by atoms with Gasteiger partial charge in [-0.3, -0.25) is 14.6 Å². The highest BCUT2D eigenvalue weighted by Crippen LogP contribution is 2.27. The molecule has 3 aromatic carbocycles. The molecule has 6 heteroatoms. The molecule has 0 aliphatic heterocycles. The van der Waals surface area contributed by atoms with Crippen molar-refractivity contribution in [3.8, 4) is 11.1 Å². The molecule has 0 aliphatic carbocycles. The first-order valence-electron chi connectivity index (χ1n) is 11.9.